The molecule has 0 radical (unpaired) electrons. The highest BCUT2D eigenvalue weighted by Crippen LogP contribution is 2.37. The first kappa shape index (κ1) is 29.2. The average Bonchev–Trinajstić information content (AvgIpc) is 3.22. The summed E-state index contributed by atoms with van der Waals surface area (Å²) >= 11 is 8.12. The van der Waals surface area contributed by atoms with Gasteiger partial charge >= 0.3 is 0 Å². The van der Waals surface area contributed by atoms with E-state index in [2.05, 4.69) is 43.0 Å². The van der Waals surface area contributed by atoms with Crippen LogP contribution < -0.4 is 10.5 Å². The zero-order valence-corrected chi connectivity index (χ0v) is 23.4. The van der Waals surface area contributed by atoms with Crippen LogP contribution in [0.2, 0.25) is 5.02 Å². The van der Waals surface area contributed by atoms with Gasteiger partial charge in [-0.2, -0.15) is 0 Å². The Labute approximate surface area is 224 Å². The predicted molar refractivity (Wildman–Crippen MR) is 150 cm³/mol. The number of unbranched alkanes of at least 4 members (excludes halogenated alkanes) is 1. The first-order chi connectivity index (χ1) is 16.4. The van der Waals surface area contributed by atoms with Gasteiger partial charge in [-0.15, -0.1) is 23.7 Å². The lowest BCUT2D eigenvalue weighted by molar-refractivity contribution is 0.185. The summed E-state index contributed by atoms with van der Waals surface area (Å²) in [6, 6.07) is 11.9. The predicted octanol–water partition coefficient (Wildman–Crippen LogP) is 7.63. The van der Waals surface area contributed by atoms with Crippen LogP contribution in [0.25, 0.3) is 11.3 Å². The van der Waals surface area contributed by atoms with Crippen LogP contribution >= 0.6 is 35.3 Å². The fraction of sp³-hybridized carbons (Fsp3) is 0.393. The molecule has 1 heterocycles. The fourth-order valence-electron chi connectivity index (χ4n) is 3.86. The minimum atomic E-state index is -0.451. The van der Waals surface area contributed by atoms with E-state index in [4.69, 9.17) is 31.8 Å². The maximum atomic E-state index is 6.54. The highest BCUT2D eigenvalue weighted by molar-refractivity contribution is 7.12. The van der Waals surface area contributed by atoms with Gasteiger partial charge in [0.05, 0.1) is 24.4 Å². The van der Waals surface area contributed by atoms with E-state index in [1.807, 2.05) is 26.0 Å². The summed E-state index contributed by atoms with van der Waals surface area (Å²) in [7, 11) is 3.35. The highest BCUT2D eigenvalue weighted by Gasteiger charge is 2.18. The summed E-state index contributed by atoms with van der Waals surface area (Å²) in [6.45, 7) is 6.85. The van der Waals surface area contributed by atoms with Crippen molar-refractivity contribution < 1.29 is 9.47 Å². The molecular formula is C28H34Cl2N2O2S. The van der Waals surface area contributed by atoms with E-state index in [1.165, 1.54) is 5.56 Å². The SMILES string of the molecule is CCCC[C@H](C#CC(N)c1nc(-c2cc(C)c(OC)cc2Cl)c(C)s1)c1ccc(COC)cc1.Cl. The minimum Gasteiger partial charge on any atom is -0.496 e. The molecule has 3 rings (SSSR count). The molecule has 2 aromatic carbocycles. The average molecular weight is 534 g/mol. The Hall–Kier alpha value is -2.07. The van der Waals surface area contributed by atoms with Crippen LogP contribution in [-0.2, 0) is 11.3 Å². The molecule has 2 atom stereocenters. The van der Waals surface area contributed by atoms with Crippen LogP contribution in [0.4, 0.5) is 0 Å². The lowest BCUT2D eigenvalue weighted by Crippen LogP contribution is -2.08. The Balaban J connectivity index is 0.00000432. The number of hydrogen-bond acceptors (Lipinski definition) is 5. The van der Waals surface area contributed by atoms with Crippen molar-refractivity contribution in [1.29, 1.82) is 0 Å². The van der Waals surface area contributed by atoms with Crippen molar-refractivity contribution in [3.8, 4) is 28.8 Å². The van der Waals surface area contributed by atoms with E-state index >= 15 is 0 Å². The van der Waals surface area contributed by atoms with Crippen molar-refractivity contribution in [2.24, 2.45) is 5.73 Å². The number of nitrogens with zero attached hydrogens (tertiary/aromatic N) is 1. The standard InChI is InChI=1S/C28H33ClN2O2S.ClH/c1-6-7-8-21(22-11-9-20(10-12-22)17-32-4)13-14-25(30)28-31-27(19(3)34-28)23-15-18(2)26(33-5)16-24(23)29;/h9-12,15-16,21,25H,6-8,17,30H2,1-5H3;1H/t21-,25?;/m1./s1. The molecule has 7 heteroatoms. The van der Waals surface area contributed by atoms with Gasteiger partial charge < -0.3 is 15.2 Å². The summed E-state index contributed by atoms with van der Waals surface area (Å²) in [5.41, 5.74) is 11.6. The molecule has 188 valence electrons. The smallest absolute Gasteiger partial charge is 0.123 e. The maximum absolute atomic E-state index is 6.54. The van der Waals surface area contributed by atoms with E-state index < -0.39 is 6.04 Å². The summed E-state index contributed by atoms with van der Waals surface area (Å²) in [4.78, 5) is 5.90. The van der Waals surface area contributed by atoms with Crippen LogP contribution in [0, 0.1) is 25.7 Å². The molecule has 2 N–H and O–H groups in total. The third-order valence-electron chi connectivity index (χ3n) is 5.77. The molecule has 0 bridgehead atoms. The number of methoxy groups -OCH3 is 2. The number of rotatable bonds is 9. The van der Waals surface area contributed by atoms with Crippen LogP contribution in [0.15, 0.2) is 36.4 Å². The molecule has 0 fully saturated rings. The number of halogens is 2. The summed E-state index contributed by atoms with van der Waals surface area (Å²) in [6.07, 6.45) is 3.25. The Bertz CT molecular complexity index is 1170. The van der Waals surface area contributed by atoms with Gasteiger partial charge in [-0.05, 0) is 49.1 Å². The molecule has 0 aliphatic rings. The molecule has 0 spiro atoms. The first-order valence-electron chi connectivity index (χ1n) is 11.5. The van der Waals surface area contributed by atoms with Crippen molar-refractivity contribution in [2.45, 2.75) is 58.6 Å². The lowest BCUT2D eigenvalue weighted by Gasteiger charge is -2.12. The monoisotopic (exact) mass is 532 g/mol. The summed E-state index contributed by atoms with van der Waals surface area (Å²) in [5, 5.41) is 1.41. The third-order valence-corrected chi connectivity index (χ3v) is 7.14. The van der Waals surface area contributed by atoms with E-state index in [0.717, 1.165) is 57.3 Å². The first-order valence-corrected chi connectivity index (χ1v) is 12.7. The van der Waals surface area contributed by atoms with Crippen LogP contribution in [0.1, 0.15) is 64.7 Å². The largest absolute Gasteiger partial charge is 0.496 e. The number of ether oxygens (including phenoxy) is 2. The molecule has 1 unspecified atom stereocenters. The van der Waals surface area contributed by atoms with Gasteiger partial charge in [-0.3, -0.25) is 0 Å². The van der Waals surface area contributed by atoms with Crippen molar-refractivity contribution >= 4 is 35.3 Å². The van der Waals surface area contributed by atoms with E-state index in [1.54, 1.807) is 25.6 Å². The van der Waals surface area contributed by atoms with Gasteiger partial charge in [0.25, 0.3) is 0 Å². The van der Waals surface area contributed by atoms with Crippen molar-refractivity contribution in [2.75, 3.05) is 14.2 Å². The molecule has 35 heavy (non-hydrogen) atoms. The molecule has 4 nitrogen and oxygen atoms in total. The van der Waals surface area contributed by atoms with Gasteiger partial charge in [0.2, 0.25) is 0 Å². The molecule has 1 aromatic heterocycles. The van der Waals surface area contributed by atoms with E-state index in [-0.39, 0.29) is 18.3 Å². The number of benzene rings is 2. The minimum absolute atomic E-state index is 0. The molecule has 0 aliphatic heterocycles. The second kappa shape index (κ2) is 13.9. The van der Waals surface area contributed by atoms with Crippen molar-refractivity contribution in [3.05, 3.63) is 68.0 Å². The van der Waals surface area contributed by atoms with Crippen LogP contribution in [0.5, 0.6) is 5.75 Å². The molecule has 0 aliphatic carbocycles. The van der Waals surface area contributed by atoms with Gasteiger partial charge in [0.1, 0.15) is 16.8 Å². The van der Waals surface area contributed by atoms with Crippen LogP contribution in [-0.4, -0.2) is 19.2 Å². The molecule has 0 saturated carbocycles. The van der Waals surface area contributed by atoms with Gasteiger partial charge in [-0.25, -0.2) is 4.98 Å². The van der Waals surface area contributed by atoms with Crippen LogP contribution in [0.3, 0.4) is 0 Å². The normalized spacial score (nSPS) is 12.3. The molecule has 3 aromatic rings. The molecular weight excluding hydrogens is 499 g/mol. The second-order valence-corrected chi connectivity index (χ2v) is 10.0. The highest BCUT2D eigenvalue weighted by atomic mass is 35.5. The number of hydrogen-bond donors (Lipinski definition) is 1. The van der Waals surface area contributed by atoms with Gasteiger partial charge in [0, 0.05) is 23.5 Å². The van der Waals surface area contributed by atoms with Crippen molar-refractivity contribution in [3.63, 3.8) is 0 Å². The number of nitrogens with two attached hydrogens (primary N) is 1. The van der Waals surface area contributed by atoms with E-state index in [9.17, 15) is 0 Å². The van der Waals surface area contributed by atoms with Gasteiger partial charge in [-0.1, -0.05) is 67.5 Å². The van der Waals surface area contributed by atoms with Gasteiger partial charge in [0.15, 0.2) is 0 Å². The molecule has 0 saturated heterocycles. The zero-order valence-electron chi connectivity index (χ0n) is 21.0. The lowest BCUT2D eigenvalue weighted by atomic mass is 9.93. The zero-order chi connectivity index (χ0) is 24.7. The number of aromatic nitrogens is 1. The second-order valence-electron chi connectivity index (χ2n) is 8.39. The number of thiazole rings is 1. The summed E-state index contributed by atoms with van der Waals surface area (Å²) in [5.74, 6) is 7.63. The topological polar surface area (TPSA) is 57.4 Å². The molecule has 0 amide bonds. The quantitative estimate of drug-likeness (QED) is 0.287. The number of aryl methyl sites for hydroxylation is 2. The maximum Gasteiger partial charge on any atom is 0.123 e. The van der Waals surface area contributed by atoms with Crippen molar-refractivity contribution in [1.82, 2.24) is 4.98 Å². The fourth-order valence-corrected chi connectivity index (χ4v) is 4.99. The Morgan fingerprint density at radius 3 is 2.46 bits per heavy atom. The Morgan fingerprint density at radius 2 is 1.83 bits per heavy atom. The summed E-state index contributed by atoms with van der Waals surface area (Å²) < 4.78 is 10.6. The third kappa shape index (κ3) is 7.46. The Morgan fingerprint density at radius 1 is 1.11 bits per heavy atom. The Kier molecular flexibility index (Phi) is 11.6. The van der Waals surface area contributed by atoms with E-state index in [0.29, 0.717) is 11.6 Å².